The molecule has 104 valence electrons. The monoisotopic (exact) mass is 271 g/mol. The predicted octanol–water partition coefficient (Wildman–Crippen LogP) is 2.34. The van der Waals surface area contributed by atoms with Crippen molar-refractivity contribution in [2.24, 2.45) is 0 Å². The molecule has 1 aromatic rings. The van der Waals surface area contributed by atoms with Crippen molar-refractivity contribution >= 4 is 11.9 Å². The summed E-state index contributed by atoms with van der Waals surface area (Å²) in [6.45, 7) is 0.300. The molecule has 1 amide bonds. The first-order chi connectivity index (χ1) is 9.00. The molecule has 0 heterocycles. The summed E-state index contributed by atoms with van der Waals surface area (Å²) in [5, 5.41) is 10.9. The van der Waals surface area contributed by atoms with Crippen LogP contribution in [0, 0.1) is 11.6 Å². The summed E-state index contributed by atoms with van der Waals surface area (Å²) in [5.74, 6) is -2.97. The Hall–Kier alpha value is -1.98. The first kappa shape index (κ1) is 15.1. The van der Waals surface area contributed by atoms with Gasteiger partial charge < -0.3 is 10.4 Å². The number of hydrogen-bond acceptors (Lipinski definition) is 2. The van der Waals surface area contributed by atoms with Crippen LogP contribution < -0.4 is 5.32 Å². The molecular weight excluding hydrogens is 256 g/mol. The Labute approximate surface area is 109 Å². The molecule has 1 rings (SSSR count). The molecule has 2 N–H and O–H groups in total. The topological polar surface area (TPSA) is 66.4 Å². The van der Waals surface area contributed by atoms with Crippen molar-refractivity contribution in [3.8, 4) is 0 Å². The van der Waals surface area contributed by atoms with E-state index in [0.29, 0.717) is 25.8 Å². The minimum atomic E-state index is -0.856. The van der Waals surface area contributed by atoms with Gasteiger partial charge in [0.05, 0.1) is 5.56 Å². The highest BCUT2D eigenvalue weighted by Crippen LogP contribution is 2.09. The molecule has 0 aliphatic heterocycles. The minimum absolute atomic E-state index is 0.0898. The number of carboxylic acids is 1. The van der Waals surface area contributed by atoms with Gasteiger partial charge in [0.1, 0.15) is 11.6 Å². The Morgan fingerprint density at radius 1 is 1.16 bits per heavy atom. The minimum Gasteiger partial charge on any atom is -0.481 e. The lowest BCUT2D eigenvalue weighted by Crippen LogP contribution is -2.25. The lowest BCUT2D eigenvalue weighted by atomic mass is 10.1. The van der Waals surface area contributed by atoms with Crippen molar-refractivity contribution in [3.05, 3.63) is 35.4 Å². The Balaban J connectivity index is 2.31. The summed E-state index contributed by atoms with van der Waals surface area (Å²) in [4.78, 5) is 21.8. The molecule has 19 heavy (non-hydrogen) atoms. The predicted molar refractivity (Wildman–Crippen MR) is 64.8 cm³/mol. The number of hydrogen-bond donors (Lipinski definition) is 2. The maximum atomic E-state index is 13.2. The van der Waals surface area contributed by atoms with E-state index in [-0.39, 0.29) is 12.0 Å². The molecule has 6 heteroatoms. The second-order valence-electron chi connectivity index (χ2n) is 4.08. The fourth-order valence-corrected chi connectivity index (χ4v) is 1.55. The highest BCUT2D eigenvalue weighted by Gasteiger charge is 2.11. The van der Waals surface area contributed by atoms with Crippen LogP contribution in [0.2, 0.25) is 0 Å². The SMILES string of the molecule is O=C(O)CCCCCNC(=O)c1cc(F)ccc1F. The maximum Gasteiger partial charge on any atom is 0.303 e. The van der Waals surface area contributed by atoms with Crippen molar-refractivity contribution < 1.29 is 23.5 Å². The number of carbonyl (C=O) groups is 2. The maximum absolute atomic E-state index is 13.2. The number of unbranched alkanes of at least 4 members (excludes halogenated alkanes) is 2. The van der Waals surface area contributed by atoms with E-state index in [1.807, 2.05) is 0 Å². The lowest BCUT2D eigenvalue weighted by Gasteiger charge is -2.06. The number of benzene rings is 1. The van der Waals surface area contributed by atoms with Gasteiger partial charge in [-0.25, -0.2) is 8.78 Å². The third-order valence-corrected chi connectivity index (χ3v) is 2.53. The second-order valence-corrected chi connectivity index (χ2v) is 4.08. The summed E-state index contributed by atoms with van der Waals surface area (Å²) in [6.07, 6.45) is 1.86. The third kappa shape index (κ3) is 5.46. The van der Waals surface area contributed by atoms with Crippen LogP contribution in [-0.4, -0.2) is 23.5 Å². The van der Waals surface area contributed by atoms with Gasteiger partial charge in [-0.1, -0.05) is 6.42 Å². The van der Waals surface area contributed by atoms with E-state index in [1.165, 1.54) is 0 Å². The summed E-state index contributed by atoms with van der Waals surface area (Å²) in [7, 11) is 0. The van der Waals surface area contributed by atoms with Crippen molar-refractivity contribution in [3.63, 3.8) is 0 Å². The first-order valence-electron chi connectivity index (χ1n) is 5.95. The van der Waals surface area contributed by atoms with E-state index in [1.54, 1.807) is 0 Å². The molecule has 0 fully saturated rings. The molecule has 0 saturated heterocycles. The summed E-state index contributed by atoms with van der Waals surface area (Å²) in [6, 6.07) is 2.68. The van der Waals surface area contributed by atoms with Crippen LogP contribution in [0.5, 0.6) is 0 Å². The van der Waals surface area contributed by atoms with E-state index in [9.17, 15) is 18.4 Å². The smallest absolute Gasteiger partial charge is 0.303 e. The number of carboxylic acid groups (broad SMARTS) is 1. The molecular formula is C13H15F2NO3. The third-order valence-electron chi connectivity index (χ3n) is 2.53. The van der Waals surface area contributed by atoms with Gasteiger partial charge in [-0.05, 0) is 31.0 Å². The van der Waals surface area contributed by atoms with Crippen molar-refractivity contribution in [2.45, 2.75) is 25.7 Å². The van der Waals surface area contributed by atoms with Crippen LogP contribution >= 0.6 is 0 Å². The van der Waals surface area contributed by atoms with Crippen LogP contribution in [-0.2, 0) is 4.79 Å². The molecule has 0 radical (unpaired) electrons. The largest absolute Gasteiger partial charge is 0.481 e. The van der Waals surface area contributed by atoms with Gasteiger partial charge in [0.15, 0.2) is 0 Å². The highest BCUT2D eigenvalue weighted by molar-refractivity contribution is 5.94. The zero-order valence-electron chi connectivity index (χ0n) is 10.3. The van der Waals surface area contributed by atoms with E-state index in [4.69, 9.17) is 5.11 Å². The summed E-state index contributed by atoms with van der Waals surface area (Å²) >= 11 is 0. The highest BCUT2D eigenvalue weighted by atomic mass is 19.1. The standard InChI is InChI=1S/C13H15F2NO3/c14-9-5-6-11(15)10(8-9)13(19)16-7-3-1-2-4-12(17)18/h5-6,8H,1-4,7H2,(H,16,19)(H,17,18). The van der Waals surface area contributed by atoms with E-state index >= 15 is 0 Å². The number of nitrogens with one attached hydrogen (secondary N) is 1. The number of aliphatic carboxylic acids is 1. The zero-order valence-corrected chi connectivity index (χ0v) is 10.3. The number of rotatable bonds is 7. The zero-order chi connectivity index (χ0) is 14.3. The normalized spacial score (nSPS) is 10.2. The van der Waals surface area contributed by atoms with Gasteiger partial charge in [0.2, 0.25) is 0 Å². The van der Waals surface area contributed by atoms with E-state index < -0.39 is 23.5 Å². The fourth-order valence-electron chi connectivity index (χ4n) is 1.55. The molecule has 1 aromatic carbocycles. The van der Waals surface area contributed by atoms with E-state index in [0.717, 1.165) is 18.2 Å². The fraction of sp³-hybridized carbons (Fsp3) is 0.385. The molecule has 4 nitrogen and oxygen atoms in total. The van der Waals surface area contributed by atoms with Gasteiger partial charge in [0.25, 0.3) is 5.91 Å². The molecule has 0 aromatic heterocycles. The van der Waals surface area contributed by atoms with Crippen molar-refractivity contribution in [2.75, 3.05) is 6.54 Å². The van der Waals surface area contributed by atoms with Crippen LogP contribution in [0.3, 0.4) is 0 Å². The molecule has 0 atom stereocenters. The first-order valence-corrected chi connectivity index (χ1v) is 5.95. The molecule has 0 spiro atoms. The molecule has 0 unspecified atom stereocenters. The lowest BCUT2D eigenvalue weighted by molar-refractivity contribution is -0.137. The summed E-state index contributed by atoms with van der Waals surface area (Å²) in [5.41, 5.74) is -0.328. The Morgan fingerprint density at radius 2 is 1.89 bits per heavy atom. The quantitative estimate of drug-likeness (QED) is 0.748. The molecule has 0 aliphatic rings. The number of halogens is 2. The number of amides is 1. The second kappa shape index (κ2) is 7.45. The van der Waals surface area contributed by atoms with Gasteiger partial charge in [0, 0.05) is 13.0 Å². The van der Waals surface area contributed by atoms with Crippen molar-refractivity contribution in [1.29, 1.82) is 0 Å². The Bertz CT molecular complexity index is 463. The molecule has 0 aliphatic carbocycles. The van der Waals surface area contributed by atoms with Crippen LogP contribution in [0.1, 0.15) is 36.0 Å². The van der Waals surface area contributed by atoms with Gasteiger partial charge in [-0.15, -0.1) is 0 Å². The number of carbonyl (C=O) groups excluding carboxylic acids is 1. The van der Waals surface area contributed by atoms with Crippen molar-refractivity contribution in [1.82, 2.24) is 5.32 Å². The summed E-state index contributed by atoms with van der Waals surface area (Å²) < 4.78 is 26.1. The van der Waals surface area contributed by atoms with Crippen LogP contribution in [0.25, 0.3) is 0 Å². The molecule has 0 bridgehead atoms. The molecule has 0 saturated carbocycles. The Morgan fingerprint density at radius 3 is 2.58 bits per heavy atom. The van der Waals surface area contributed by atoms with Gasteiger partial charge >= 0.3 is 5.97 Å². The van der Waals surface area contributed by atoms with Crippen LogP contribution in [0.4, 0.5) is 8.78 Å². The average molecular weight is 271 g/mol. The van der Waals surface area contributed by atoms with Gasteiger partial charge in [-0.2, -0.15) is 0 Å². The van der Waals surface area contributed by atoms with Crippen LogP contribution in [0.15, 0.2) is 18.2 Å². The van der Waals surface area contributed by atoms with Gasteiger partial charge in [-0.3, -0.25) is 9.59 Å². The Kier molecular flexibility index (Phi) is 5.92. The van der Waals surface area contributed by atoms with E-state index in [2.05, 4.69) is 5.32 Å². The average Bonchev–Trinajstić information content (AvgIpc) is 2.36.